The van der Waals surface area contributed by atoms with Gasteiger partial charge in [-0.05, 0) is 77.0 Å². The second-order valence-electron chi connectivity index (χ2n) is 16.7. The third-order valence-corrected chi connectivity index (χ3v) is 10.7. The summed E-state index contributed by atoms with van der Waals surface area (Å²) in [6.07, 6.45) is 61.9. The van der Waals surface area contributed by atoms with Crippen LogP contribution in [-0.2, 0) is 28.6 Å². The SMILES string of the molecule is CC/C=C\C/C=C\C/C=C\CCCCCCC(=O)OC(COC(=O)CCC/C=C\C/C=C\C/C=C\CC)COC(=O)CCCCCCCCCCCCCCCCCCCC. The van der Waals surface area contributed by atoms with Gasteiger partial charge in [0.25, 0.3) is 0 Å². The third-order valence-electron chi connectivity index (χ3n) is 10.7. The van der Waals surface area contributed by atoms with Crippen molar-refractivity contribution in [2.75, 3.05) is 13.2 Å². The number of esters is 3. The molecule has 0 aliphatic heterocycles. The van der Waals surface area contributed by atoms with Gasteiger partial charge in [0.15, 0.2) is 6.10 Å². The summed E-state index contributed by atoms with van der Waals surface area (Å²) >= 11 is 0. The van der Waals surface area contributed by atoms with Crippen LogP contribution in [0.2, 0.25) is 0 Å². The highest BCUT2D eigenvalue weighted by atomic mass is 16.6. The van der Waals surface area contributed by atoms with Crippen molar-refractivity contribution in [3.8, 4) is 0 Å². The van der Waals surface area contributed by atoms with Crippen LogP contribution < -0.4 is 0 Å². The Morgan fingerprint density at radius 2 is 0.656 bits per heavy atom. The Morgan fingerprint density at radius 1 is 0.344 bits per heavy atom. The lowest BCUT2D eigenvalue weighted by molar-refractivity contribution is -0.167. The summed E-state index contributed by atoms with van der Waals surface area (Å²) in [4.78, 5) is 37.9. The molecule has 0 heterocycles. The van der Waals surface area contributed by atoms with Gasteiger partial charge >= 0.3 is 17.9 Å². The molecule has 0 rings (SSSR count). The fraction of sp³-hybridized carbons (Fsp3) is 0.727. The van der Waals surface area contributed by atoms with Gasteiger partial charge in [-0.25, -0.2) is 0 Å². The van der Waals surface area contributed by atoms with Crippen molar-refractivity contribution in [3.63, 3.8) is 0 Å². The first-order valence-electron chi connectivity index (χ1n) is 25.4. The number of unbranched alkanes of at least 4 members (excludes halogenated alkanes) is 22. The van der Waals surface area contributed by atoms with Gasteiger partial charge in [0.05, 0.1) is 0 Å². The number of ether oxygens (including phenoxy) is 3. The molecule has 1 atom stereocenters. The zero-order chi connectivity index (χ0) is 44.4. The standard InChI is InChI=1S/C55H94O6/c1-4-7-10-13-16-19-22-24-26-27-28-29-31-33-36-39-42-45-48-54(57)60-51-52(50-59-53(56)47-44-41-38-35-32-21-18-15-12-9-6-3)61-55(58)49-46-43-40-37-34-30-25-23-20-17-14-11-8-5-2/h8-9,11-12,17-18,20-21,25,30,35,38,52H,4-7,10,13-16,19,22-24,26-29,31-34,36-37,39-51H2,1-3H3/b11-8-,12-9-,20-17-,21-18-,30-25-,38-35-. The molecular formula is C55H94O6. The highest BCUT2D eigenvalue weighted by Crippen LogP contribution is 2.15. The molecule has 0 aromatic carbocycles. The van der Waals surface area contributed by atoms with Crippen molar-refractivity contribution >= 4 is 17.9 Å². The second-order valence-corrected chi connectivity index (χ2v) is 16.7. The molecule has 0 saturated heterocycles. The van der Waals surface area contributed by atoms with Crippen LogP contribution in [0.25, 0.3) is 0 Å². The number of carbonyl (C=O) groups excluding carboxylic acids is 3. The third kappa shape index (κ3) is 47.7. The first kappa shape index (κ1) is 57.9. The average molecular weight is 851 g/mol. The van der Waals surface area contributed by atoms with Crippen molar-refractivity contribution in [3.05, 3.63) is 72.9 Å². The van der Waals surface area contributed by atoms with E-state index in [9.17, 15) is 14.4 Å². The predicted octanol–water partition coefficient (Wildman–Crippen LogP) is 16.6. The summed E-state index contributed by atoms with van der Waals surface area (Å²) in [6.45, 7) is 6.35. The summed E-state index contributed by atoms with van der Waals surface area (Å²) in [6, 6.07) is 0. The summed E-state index contributed by atoms with van der Waals surface area (Å²) in [5, 5.41) is 0. The van der Waals surface area contributed by atoms with Crippen molar-refractivity contribution in [1.29, 1.82) is 0 Å². The molecule has 0 bridgehead atoms. The fourth-order valence-corrected chi connectivity index (χ4v) is 6.95. The maximum Gasteiger partial charge on any atom is 0.306 e. The Morgan fingerprint density at radius 3 is 1.07 bits per heavy atom. The molecule has 0 N–H and O–H groups in total. The highest BCUT2D eigenvalue weighted by molar-refractivity contribution is 5.71. The number of carbonyl (C=O) groups is 3. The zero-order valence-electron chi connectivity index (χ0n) is 39.9. The Bertz CT molecular complexity index is 1160. The molecule has 1 unspecified atom stereocenters. The Kier molecular flexibility index (Phi) is 46.9. The minimum Gasteiger partial charge on any atom is -0.462 e. The molecule has 0 saturated carbocycles. The lowest BCUT2D eigenvalue weighted by Crippen LogP contribution is -2.30. The highest BCUT2D eigenvalue weighted by Gasteiger charge is 2.19. The Balaban J connectivity index is 4.39. The molecule has 61 heavy (non-hydrogen) atoms. The van der Waals surface area contributed by atoms with E-state index in [1.807, 2.05) is 0 Å². The van der Waals surface area contributed by atoms with Gasteiger partial charge in [0, 0.05) is 19.3 Å². The summed E-state index contributed by atoms with van der Waals surface area (Å²) in [7, 11) is 0. The maximum absolute atomic E-state index is 12.8. The molecule has 0 spiro atoms. The number of hydrogen-bond donors (Lipinski definition) is 0. The quantitative estimate of drug-likeness (QED) is 0.0263. The fourth-order valence-electron chi connectivity index (χ4n) is 6.95. The smallest absolute Gasteiger partial charge is 0.306 e. The second kappa shape index (κ2) is 49.5. The average Bonchev–Trinajstić information content (AvgIpc) is 3.26. The van der Waals surface area contributed by atoms with E-state index in [4.69, 9.17) is 14.2 Å². The zero-order valence-corrected chi connectivity index (χ0v) is 39.9. The van der Waals surface area contributed by atoms with Crippen LogP contribution in [0.15, 0.2) is 72.9 Å². The molecule has 0 aliphatic rings. The van der Waals surface area contributed by atoms with E-state index < -0.39 is 6.10 Å². The van der Waals surface area contributed by atoms with Gasteiger partial charge in [-0.15, -0.1) is 0 Å². The number of rotatable bonds is 45. The van der Waals surface area contributed by atoms with Crippen LogP contribution in [0.3, 0.4) is 0 Å². The van der Waals surface area contributed by atoms with E-state index in [1.165, 1.54) is 96.3 Å². The topological polar surface area (TPSA) is 78.9 Å². The van der Waals surface area contributed by atoms with E-state index in [2.05, 4.69) is 93.7 Å². The van der Waals surface area contributed by atoms with Gasteiger partial charge in [-0.1, -0.05) is 216 Å². The molecule has 0 aromatic heterocycles. The lowest BCUT2D eigenvalue weighted by atomic mass is 10.0. The van der Waals surface area contributed by atoms with Crippen LogP contribution in [0.1, 0.15) is 239 Å². The van der Waals surface area contributed by atoms with Gasteiger partial charge in [0.2, 0.25) is 0 Å². The molecule has 350 valence electrons. The first-order chi connectivity index (χ1) is 30.0. The largest absolute Gasteiger partial charge is 0.462 e. The van der Waals surface area contributed by atoms with Crippen LogP contribution in [-0.4, -0.2) is 37.2 Å². The van der Waals surface area contributed by atoms with Crippen LogP contribution >= 0.6 is 0 Å². The van der Waals surface area contributed by atoms with Crippen LogP contribution in [0.5, 0.6) is 0 Å². The summed E-state index contributed by atoms with van der Waals surface area (Å²) < 4.78 is 16.7. The predicted molar refractivity (Wildman–Crippen MR) is 261 cm³/mol. The minimum atomic E-state index is -0.804. The lowest BCUT2D eigenvalue weighted by Gasteiger charge is -2.18. The molecule has 0 fully saturated rings. The van der Waals surface area contributed by atoms with E-state index in [0.29, 0.717) is 19.3 Å². The van der Waals surface area contributed by atoms with Gasteiger partial charge < -0.3 is 14.2 Å². The first-order valence-corrected chi connectivity index (χ1v) is 25.4. The molecular weight excluding hydrogens is 757 g/mol. The van der Waals surface area contributed by atoms with Crippen molar-refractivity contribution in [2.24, 2.45) is 0 Å². The van der Waals surface area contributed by atoms with E-state index in [0.717, 1.165) is 96.3 Å². The number of hydrogen-bond acceptors (Lipinski definition) is 6. The minimum absolute atomic E-state index is 0.0989. The normalized spacial score (nSPS) is 12.6. The molecule has 0 aliphatic carbocycles. The maximum atomic E-state index is 12.8. The van der Waals surface area contributed by atoms with Gasteiger partial charge in [0.1, 0.15) is 13.2 Å². The monoisotopic (exact) mass is 851 g/mol. The summed E-state index contributed by atoms with van der Waals surface area (Å²) in [5.41, 5.74) is 0. The Labute approximate surface area is 376 Å². The Hall–Kier alpha value is -3.15. The van der Waals surface area contributed by atoms with Crippen molar-refractivity contribution < 1.29 is 28.6 Å². The van der Waals surface area contributed by atoms with Crippen molar-refractivity contribution in [1.82, 2.24) is 0 Å². The van der Waals surface area contributed by atoms with Crippen LogP contribution in [0, 0.1) is 0 Å². The molecule has 0 aromatic rings. The molecule has 0 amide bonds. The van der Waals surface area contributed by atoms with Gasteiger partial charge in [-0.3, -0.25) is 14.4 Å². The molecule has 6 heteroatoms. The van der Waals surface area contributed by atoms with Crippen molar-refractivity contribution in [2.45, 2.75) is 245 Å². The number of allylic oxidation sites excluding steroid dienone is 12. The molecule has 6 nitrogen and oxygen atoms in total. The van der Waals surface area contributed by atoms with E-state index >= 15 is 0 Å². The summed E-state index contributed by atoms with van der Waals surface area (Å²) in [5.74, 6) is -0.977. The van der Waals surface area contributed by atoms with Crippen LogP contribution in [0.4, 0.5) is 0 Å². The van der Waals surface area contributed by atoms with E-state index in [-0.39, 0.29) is 37.5 Å². The van der Waals surface area contributed by atoms with Gasteiger partial charge in [-0.2, -0.15) is 0 Å². The van der Waals surface area contributed by atoms with E-state index in [1.54, 1.807) is 0 Å². The molecule has 0 radical (unpaired) electrons.